The molecular weight excluding hydrogens is 278 g/mol. The summed E-state index contributed by atoms with van der Waals surface area (Å²) >= 11 is 0. The predicted molar refractivity (Wildman–Crippen MR) is 69.8 cm³/mol. The molecule has 0 bridgehead atoms. The summed E-state index contributed by atoms with van der Waals surface area (Å²) in [5, 5.41) is 0. The quantitative estimate of drug-likeness (QED) is 0.631. The summed E-state index contributed by atoms with van der Waals surface area (Å²) in [4.78, 5) is 0. The van der Waals surface area contributed by atoms with Gasteiger partial charge in [-0.1, -0.05) is 6.42 Å². The standard InChI is InChI=1S/C9H21N3O4S2/c1-9-5-3-4-8-12(9)18(15,16)11-7-6-10-17(2,13)14/h9-11H,3-8H2,1-2H3/t9-/m1/s1. The van der Waals surface area contributed by atoms with Gasteiger partial charge in [-0.2, -0.15) is 12.7 Å². The van der Waals surface area contributed by atoms with Crippen LogP contribution in [-0.2, 0) is 20.2 Å². The second-order valence-corrected chi connectivity index (χ2v) is 8.06. The maximum Gasteiger partial charge on any atom is 0.279 e. The van der Waals surface area contributed by atoms with Crippen molar-refractivity contribution in [1.82, 2.24) is 13.7 Å². The van der Waals surface area contributed by atoms with Crippen LogP contribution < -0.4 is 9.44 Å². The summed E-state index contributed by atoms with van der Waals surface area (Å²) in [5.41, 5.74) is 0. The molecule has 0 aliphatic carbocycles. The first kappa shape index (κ1) is 15.8. The van der Waals surface area contributed by atoms with Crippen LogP contribution in [0, 0.1) is 0 Å². The van der Waals surface area contributed by atoms with E-state index < -0.39 is 20.2 Å². The van der Waals surface area contributed by atoms with Crippen LogP contribution in [0.3, 0.4) is 0 Å². The van der Waals surface area contributed by atoms with E-state index in [1.165, 1.54) is 4.31 Å². The van der Waals surface area contributed by atoms with Gasteiger partial charge >= 0.3 is 0 Å². The van der Waals surface area contributed by atoms with Gasteiger partial charge in [0.2, 0.25) is 10.0 Å². The minimum absolute atomic E-state index is 0.000818. The molecule has 1 saturated heterocycles. The summed E-state index contributed by atoms with van der Waals surface area (Å²) in [6.07, 6.45) is 3.81. The molecule has 0 radical (unpaired) electrons. The van der Waals surface area contributed by atoms with E-state index in [1.54, 1.807) is 0 Å². The number of hydrogen-bond acceptors (Lipinski definition) is 4. The highest BCUT2D eigenvalue weighted by Crippen LogP contribution is 2.18. The molecular formula is C9H21N3O4S2. The van der Waals surface area contributed by atoms with E-state index in [2.05, 4.69) is 9.44 Å². The highest BCUT2D eigenvalue weighted by molar-refractivity contribution is 7.88. The average molecular weight is 299 g/mol. The molecule has 18 heavy (non-hydrogen) atoms. The molecule has 0 saturated carbocycles. The van der Waals surface area contributed by atoms with Gasteiger partial charge in [-0.05, 0) is 19.8 Å². The number of rotatable bonds is 6. The Morgan fingerprint density at radius 3 is 2.28 bits per heavy atom. The number of hydrogen-bond donors (Lipinski definition) is 2. The van der Waals surface area contributed by atoms with E-state index >= 15 is 0 Å². The van der Waals surface area contributed by atoms with E-state index in [1.807, 2.05) is 6.92 Å². The molecule has 1 aliphatic heterocycles. The molecule has 0 aromatic rings. The van der Waals surface area contributed by atoms with Crippen molar-refractivity contribution in [3.05, 3.63) is 0 Å². The highest BCUT2D eigenvalue weighted by Gasteiger charge is 2.28. The second kappa shape index (κ2) is 6.29. The van der Waals surface area contributed by atoms with Crippen LogP contribution in [0.1, 0.15) is 26.2 Å². The molecule has 0 spiro atoms. The van der Waals surface area contributed by atoms with Crippen molar-refractivity contribution < 1.29 is 16.8 Å². The van der Waals surface area contributed by atoms with Gasteiger partial charge in [0.15, 0.2) is 0 Å². The van der Waals surface area contributed by atoms with Crippen molar-refractivity contribution in [2.24, 2.45) is 0 Å². The molecule has 1 aliphatic rings. The van der Waals surface area contributed by atoms with Gasteiger partial charge in [0.1, 0.15) is 0 Å². The van der Waals surface area contributed by atoms with Crippen LogP contribution in [0.2, 0.25) is 0 Å². The summed E-state index contributed by atoms with van der Waals surface area (Å²) < 4.78 is 51.6. The van der Waals surface area contributed by atoms with Crippen LogP contribution in [0.5, 0.6) is 0 Å². The zero-order chi connectivity index (χ0) is 13.8. The number of piperidine rings is 1. The molecule has 0 unspecified atom stereocenters. The fraction of sp³-hybridized carbons (Fsp3) is 1.00. The van der Waals surface area contributed by atoms with Gasteiger partial charge in [-0.25, -0.2) is 17.9 Å². The fourth-order valence-corrected chi connectivity index (χ4v) is 3.88. The maximum atomic E-state index is 12.0. The van der Waals surface area contributed by atoms with E-state index in [4.69, 9.17) is 0 Å². The monoisotopic (exact) mass is 299 g/mol. The van der Waals surface area contributed by atoms with Crippen molar-refractivity contribution in [3.63, 3.8) is 0 Å². The van der Waals surface area contributed by atoms with Crippen molar-refractivity contribution in [2.75, 3.05) is 25.9 Å². The lowest BCUT2D eigenvalue weighted by Gasteiger charge is -2.32. The van der Waals surface area contributed by atoms with E-state index in [9.17, 15) is 16.8 Å². The van der Waals surface area contributed by atoms with Crippen molar-refractivity contribution in [2.45, 2.75) is 32.2 Å². The van der Waals surface area contributed by atoms with Gasteiger partial charge in [0.25, 0.3) is 10.2 Å². The molecule has 7 nitrogen and oxygen atoms in total. The van der Waals surface area contributed by atoms with Crippen molar-refractivity contribution in [3.8, 4) is 0 Å². The van der Waals surface area contributed by atoms with Crippen LogP contribution in [-0.4, -0.2) is 53.1 Å². The van der Waals surface area contributed by atoms with Gasteiger partial charge in [-0.3, -0.25) is 0 Å². The number of sulfonamides is 1. The first-order chi connectivity index (χ1) is 8.22. The second-order valence-electron chi connectivity index (χ2n) is 4.52. The lowest BCUT2D eigenvalue weighted by atomic mass is 10.1. The molecule has 1 heterocycles. The molecule has 2 N–H and O–H groups in total. The fourth-order valence-electron chi connectivity index (χ4n) is 1.93. The molecule has 1 fully saturated rings. The summed E-state index contributed by atoms with van der Waals surface area (Å²) in [5.74, 6) is 0. The van der Waals surface area contributed by atoms with Crippen LogP contribution in [0.4, 0.5) is 0 Å². The maximum absolute atomic E-state index is 12.0. The lowest BCUT2D eigenvalue weighted by molar-refractivity contribution is 0.265. The molecule has 0 amide bonds. The molecule has 1 rings (SSSR count). The van der Waals surface area contributed by atoms with Gasteiger partial charge in [-0.15, -0.1) is 0 Å². The normalized spacial score (nSPS) is 23.1. The molecule has 0 aromatic carbocycles. The first-order valence-corrected chi connectivity index (χ1v) is 9.26. The van der Waals surface area contributed by atoms with Gasteiger partial charge < -0.3 is 0 Å². The SMILES string of the molecule is C[C@@H]1CCCCN1S(=O)(=O)NCCNS(C)(=O)=O. The molecule has 108 valence electrons. The summed E-state index contributed by atoms with van der Waals surface area (Å²) in [7, 11) is -6.78. The highest BCUT2D eigenvalue weighted by atomic mass is 32.2. The Morgan fingerprint density at radius 2 is 1.72 bits per heavy atom. The zero-order valence-electron chi connectivity index (χ0n) is 10.7. The molecule has 0 aromatic heterocycles. The topological polar surface area (TPSA) is 95.6 Å². The van der Waals surface area contributed by atoms with Gasteiger partial charge in [0, 0.05) is 25.7 Å². The Morgan fingerprint density at radius 1 is 1.11 bits per heavy atom. The Kier molecular flexibility index (Phi) is 5.53. The summed E-state index contributed by atoms with van der Waals surface area (Å²) in [6, 6.07) is -0.000818. The minimum atomic E-state index is -3.50. The first-order valence-electron chi connectivity index (χ1n) is 5.93. The average Bonchev–Trinajstić information content (AvgIpc) is 2.24. The van der Waals surface area contributed by atoms with Crippen LogP contribution >= 0.6 is 0 Å². The van der Waals surface area contributed by atoms with Crippen molar-refractivity contribution in [1.29, 1.82) is 0 Å². The Labute approximate surface area is 109 Å². The van der Waals surface area contributed by atoms with Crippen molar-refractivity contribution >= 4 is 20.2 Å². The lowest BCUT2D eigenvalue weighted by Crippen LogP contribution is -2.49. The van der Waals surface area contributed by atoms with E-state index in [-0.39, 0.29) is 19.1 Å². The largest absolute Gasteiger partial charge is 0.279 e. The number of nitrogens with one attached hydrogen (secondary N) is 2. The van der Waals surface area contributed by atoms with Crippen LogP contribution in [0.15, 0.2) is 0 Å². The Balaban J connectivity index is 2.44. The third kappa shape index (κ3) is 5.19. The zero-order valence-corrected chi connectivity index (χ0v) is 12.3. The predicted octanol–water partition coefficient (Wildman–Crippen LogP) is -0.756. The molecule has 1 atom stereocenters. The van der Waals surface area contributed by atoms with Crippen LogP contribution in [0.25, 0.3) is 0 Å². The number of nitrogens with zero attached hydrogens (tertiary/aromatic N) is 1. The Hall–Kier alpha value is -0.220. The summed E-state index contributed by atoms with van der Waals surface area (Å²) in [6.45, 7) is 2.52. The van der Waals surface area contributed by atoms with Gasteiger partial charge in [0.05, 0.1) is 6.26 Å². The third-order valence-electron chi connectivity index (χ3n) is 2.82. The Bertz CT molecular complexity index is 460. The van der Waals surface area contributed by atoms with E-state index in [0.29, 0.717) is 6.54 Å². The smallest absolute Gasteiger partial charge is 0.214 e. The minimum Gasteiger partial charge on any atom is -0.214 e. The third-order valence-corrected chi connectivity index (χ3v) is 5.28. The molecule has 9 heteroatoms. The van der Waals surface area contributed by atoms with E-state index in [0.717, 1.165) is 25.5 Å².